The number of rotatable bonds is 8. The average molecular weight is 445 g/mol. The molecule has 3 rings (SSSR count). The maximum absolute atomic E-state index is 12.7. The van der Waals surface area contributed by atoms with Crippen LogP contribution in [0.4, 0.5) is 5.13 Å². The Morgan fingerprint density at radius 3 is 2.73 bits per heavy atom. The smallest absolute Gasteiger partial charge is 0.251 e. The molecular weight excluding hydrogens is 420 g/mol. The summed E-state index contributed by atoms with van der Waals surface area (Å²) < 4.78 is 1.82. The van der Waals surface area contributed by atoms with Crippen molar-refractivity contribution in [3.8, 4) is 0 Å². The van der Waals surface area contributed by atoms with E-state index in [0.29, 0.717) is 21.7 Å². The highest BCUT2D eigenvalue weighted by Gasteiger charge is 2.25. The maximum atomic E-state index is 12.7. The minimum Gasteiger partial charge on any atom is -0.342 e. The fourth-order valence-corrected chi connectivity index (χ4v) is 4.10. The first-order chi connectivity index (χ1) is 14.3. The number of hydrogen-bond donors (Lipinski definition) is 2. The zero-order valence-corrected chi connectivity index (χ0v) is 18.9. The Kier molecular flexibility index (Phi) is 7.22. The predicted molar refractivity (Wildman–Crippen MR) is 119 cm³/mol. The first-order valence-electron chi connectivity index (χ1n) is 9.44. The SMILES string of the molecule is Cc1cccc(C(=O)NC(c2nnc(SCC(=O)Nc3nccs3)n2C)C(C)C)c1. The molecule has 0 radical (unpaired) electrons. The third-order valence-electron chi connectivity index (χ3n) is 4.39. The van der Waals surface area contributed by atoms with Crippen LogP contribution in [0.25, 0.3) is 0 Å². The molecule has 0 spiro atoms. The van der Waals surface area contributed by atoms with Gasteiger partial charge in [-0.1, -0.05) is 43.3 Å². The number of aryl methyl sites for hydroxylation is 1. The molecule has 0 aliphatic heterocycles. The van der Waals surface area contributed by atoms with E-state index in [1.165, 1.54) is 23.1 Å². The van der Waals surface area contributed by atoms with Crippen molar-refractivity contribution in [3.05, 3.63) is 52.8 Å². The van der Waals surface area contributed by atoms with Gasteiger partial charge in [0, 0.05) is 24.2 Å². The second-order valence-corrected chi connectivity index (χ2v) is 8.98. The third-order valence-corrected chi connectivity index (χ3v) is 6.10. The van der Waals surface area contributed by atoms with E-state index in [-0.39, 0.29) is 29.5 Å². The van der Waals surface area contributed by atoms with Crippen LogP contribution >= 0.6 is 23.1 Å². The Bertz CT molecular complexity index is 1020. The molecule has 0 aliphatic rings. The fourth-order valence-electron chi connectivity index (χ4n) is 2.83. The molecule has 0 saturated carbocycles. The van der Waals surface area contributed by atoms with Crippen molar-refractivity contribution < 1.29 is 9.59 Å². The molecule has 8 nitrogen and oxygen atoms in total. The van der Waals surface area contributed by atoms with Gasteiger partial charge in [-0.05, 0) is 25.0 Å². The molecule has 3 aromatic rings. The van der Waals surface area contributed by atoms with Crippen molar-refractivity contribution >= 4 is 40.0 Å². The highest BCUT2D eigenvalue weighted by molar-refractivity contribution is 7.99. The summed E-state index contributed by atoms with van der Waals surface area (Å²) in [7, 11) is 1.84. The van der Waals surface area contributed by atoms with E-state index in [9.17, 15) is 9.59 Å². The summed E-state index contributed by atoms with van der Waals surface area (Å²) in [5, 5.41) is 17.3. The first-order valence-corrected chi connectivity index (χ1v) is 11.3. The number of aromatic nitrogens is 4. The number of benzene rings is 1. The number of nitrogens with one attached hydrogen (secondary N) is 2. The van der Waals surface area contributed by atoms with Gasteiger partial charge in [-0.3, -0.25) is 9.59 Å². The number of thioether (sulfide) groups is 1. The molecule has 2 heterocycles. The highest BCUT2D eigenvalue weighted by Crippen LogP contribution is 2.24. The van der Waals surface area contributed by atoms with Crippen LogP contribution in [0.3, 0.4) is 0 Å². The van der Waals surface area contributed by atoms with Gasteiger partial charge in [-0.25, -0.2) is 4.98 Å². The van der Waals surface area contributed by atoms with Crippen molar-refractivity contribution in [2.24, 2.45) is 13.0 Å². The molecular formula is C20H24N6O2S2. The van der Waals surface area contributed by atoms with Gasteiger partial charge in [-0.2, -0.15) is 0 Å². The minimum atomic E-state index is -0.311. The lowest BCUT2D eigenvalue weighted by Crippen LogP contribution is -2.33. The van der Waals surface area contributed by atoms with Crippen LogP contribution in [0.15, 0.2) is 41.0 Å². The Morgan fingerprint density at radius 2 is 2.07 bits per heavy atom. The van der Waals surface area contributed by atoms with Crippen LogP contribution in [-0.2, 0) is 11.8 Å². The molecule has 10 heteroatoms. The van der Waals surface area contributed by atoms with E-state index in [0.717, 1.165) is 5.56 Å². The van der Waals surface area contributed by atoms with E-state index in [4.69, 9.17) is 0 Å². The Balaban J connectivity index is 1.68. The summed E-state index contributed by atoms with van der Waals surface area (Å²) in [6, 6.07) is 7.15. The topological polar surface area (TPSA) is 102 Å². The van der Waals surface area contributed by atoms with Crippen LogP contribution in [0.1, 0.15) is 41.6 Å². The normalized spacial score (nSPS) is 12.0. The number of thiazole rings is 1. The zero-order valence-electron chi connectivity index (χ0n) is 17.2. The monoisotopic (exact) mass is 444 g/mol. The largest absolute Gasteiger partial charge is 0.342 e. The lowest BCUT2D eigenvalue weighted by Gasteiger charge is -2.21. The third kappa shape index (κ3) is 5.45. The Labute approximate surface area is 183 Å². The number of carbonyl (C=O) groups is 2. The maximum Gasteiger partial charge on any atom is 0.251 e. The molecule has 1 atom stereocenters. The van der Waals surface area contributed by atoms with Gasteiger partial charge in [0.2, 0.25) is 5.91 Å². The van der Waals surface area contributed by atoms with Gasteiger partial charge < -0.3 is 15.2 Å². The number of amides is 2. The fraction of sp³-hybridized carbons (Fsp3) is 0.350. The van der Waals surface area contributed by atoms with Crippen LogP contribution in [0.2, 0.25) is 0 Å². The molecule has 0 fully saturated rings. The number of nitrogens with zero attached hydrogens (tertiary/aromatic N) is 4. The molecule has 2 amide bonds. The Hall–Kier alpha value is -2.72. The quantitative estimate of drug-likeness (QED) is 0.516. The van der Waals surface area contributed by atoms with Crippen molar-refractivity contribution in [2.75, 3.05) is 11.1 Å². The van der Waals surface area contributed by atoms with E-state index in [2.05, 4.69) is 25.8 Å². The number of carbonyl (C=O) groups excluding carboxylic acids is 2. The van der Waals surface area contributed by atoms with Crippen molar-refractivity contribution in [3.63, 3.8) is 0 Å². The molecule has 30 heavy (non-hydrogen) atoms. The lowest BCUT2D eigenvalue weighted by molar-refractivity contribution is -0.113. The molecule has 1 unspecified atom stereocenters. The summed E-state index contributed by atoms with van der Waals surface area (Å²) in [6.45, 7) is 5.99. The van der Waals surface area contributed by atoms with Crippen LogP contribution in [0, 0.1) is 12.8 Å². The second kappa shape index (κ2) is 9.86. The summed E-state index contributed by atoms with van der Waals surface area (Å²) in [5.74, 6) is 0.625. The van der Waals surface area contributed by atoms with Gasteiger partial charge in [0.15, 0.2) is 16.1 Å². The average Bonchev–Trinajstić information content (AvgIpc) is 3.34. The summed E-state index contributed by atoms with van der Waals surface area (Å²) in [5.41, 5.74) is 1.63. The van der Waals surface area contributed by atoms with E-state index in [1.54, 1.807) is 17.6 Å². The molecule has 0 bridgehead atoms. The molecule has 2 aromatic heterocycles. The standard InChI is InChI=1S/C20H24N6O2S2/c1-12(2)16(23-18(28)14-7-5-6-13(3)10-14)17-24-25-20(26(17)4)30-11-15(27)22-19-21-8-9-29-19/h5-10,12,16H,11H2,1-4H3,(H,23,28)(H,21,22,27). The number of anilines is 1. The second-order valence-electron chi connectivity index (χ2n) is 7.14. The minimum absolute atomic E-state index is 0.104. The molecule has 1 aromatic carbocycles. The lowest BCUT2D eigenvalue weighted by atomic mass is 10.0. The van der Waals surface area contributed by atoms with Crippen molar-refractivity contribution in [1.29, 1.82) is 0 Å². The Morgan fingerprint density at radius 1 is 1.27 bits per heavy atom. The highest BCUT2D eigenvalue weighted by atomic mass is 32.2. The zero-order chi connectivity index (χ0) is 21.7. The van der Waals surface area contributed by atoms with Crippen LogP contribution < -0.4 is 10.6 Å². The van der Waals surface area contributed by atoms with Crippen LogP contribution in [-0.4, -0.2) is 37.3 Å². The van der Waals surface area contributed by atoms with Gasteiger partial charge >= 0.3 is 0 Å². The van der Waals surface area contributed by atoms with E-state index < -0.39 is 0 Å². The molecule has 2 N–H and O–H groups in total. The first kappa shape index (κ1) is 22.0. The predicted octanol–water partition coefficient (Wildman–Crippen LogP) is 3.44. The van der Waals surface area contributed by atoms with Crippen molar-refractivity contribution in [1.82, 2.24) is 25.1 Å². The summed E-state index contributed by atoms with van der Waals surface area (Å²) >= 11 is 2.65. The number of hydrogen-bond acceptors (Lipinski definition) is 7. The molecule has 158 valence electrons. The van der Waals surface area contributed by atoms with Crippen molar-refractivity contribution in [2.45, 2.75) is 32.0 Å². The molecule has 0 saturated heterocycles. The van der Waals surface area contributed by atoms with Gasteiger partial charge in [-0.15, -0.1) is 21.5 Å². The van der Waals surface area contributed by atoms with Gasteiger partial charge in [0.05, 0.1) is 11.8 Å². The van der Waals surface area contributed by atoms with Crippen LogP contribution in [0.5, 0.6) is 0 Å². The summed E-state index contributed by atoms with van der Waals surface area (Å²) in [6.07, 6.45) is 1.64. The van der Waals surface area contributed by atoms with E-state index >= 15 is 0 Å². The van der Waals surface area contributed by atoms with Gasteiger partial charge in [0.25, 0.3) is 5.91 Å². The van der Waals surface area contributed by atoms with E-state index in [1.807, 2.05) is 50.6 Å². The van der Waals surface area contributed by atoms with Gasteiger partial charge in [0.1, 0.15) is 0 Å². The summed E-state index contributed by atoms with van der Waals surface area (Å²) in [4.78, 5) is 28.9. The molecule has 0 aliphatic carbocycles.